The van der Waals surface area contributed by atoms with Crippen molar-refractivity contribution < 1.29 is 26.4 Å². The van der Waals surface area contributed by atoms with E-state index in [0.717, 1.165) is 11.1 Å². The normalized spacial score (nSPS) is 11.4. The highest BCUT2D eigenvalue weighted by Crippen LogP contribution is 2.23. The third kappa shape index (κ3) is 6.94. The number of carbonyl (C=O) groups is 2. The number of halogens is 1. The van der Waals surface area contributed by atoms with Gasteiger partial charge in [-0.3, -0.25) is 15.0 Å². The van der Waals surface area contributed by atoms with Crippen molar-refractivity contribution in [2.75, 3.05) is 5.43 Å². The molecule has 13 heteroatoms. The first-order valence-electron chi connectivity index (χ1n) is 10.7. The molecule has 0 saturated carbocycles. The van der Waals surface area contributed by atoms with Crippen LogP contribution in [0.25, 0.3) is 0 Å². The van der Waals surface area contributed by atoms with Gasteiger partial charge >= 0.3 is 0 Å². The second-order valence-corrected chi connectivity index (χ2v) is 11.8. The van der Waals surface area contributed by atoms with Gasteiger partial charge in [0.2, 0.25) is 5.71 Å². The molecule has 0 fully saturated rings. The number of rotatable bonds is 8. The van der Waals surface area contributed by atoms with E-state index in [4.69, 9.17) is 11.6 Å². The van der Waals surface area contributed by atoms with Crippen LogP contribution in [0.4, 0.5) is 5.69 Å². The van der Waals surface area contributed by atoms with Crippen molar-refractivity contribution in [3.05, 3.63) is 88.4 Å². The molecular formula is C24H23ClN4O6S2. The summed E-state index contributed by atoms with van der Waals surface area (Å²) in [4.78, 5) is 25.4. The first-order valence-corrected chi connectivity index (χ1v) is 14.0. The second-order valence-electron chi connectivity index (χ2n) is 7.98. The summed E-state index contributed by atoms with van der Waals surface area (Å²) in [6.45, 7) is 5.15. The Bertz CT molecular complexity index is 1490. The molecule has 0 radical (unpaired) electrons. The lowest BCUT2D eigenvalue weighted by molar-refractivity contribution is -0.117. The van der Waals surface area contributed by atoms with E-state index in [2.05, 4.69) is 10.5 Å². The van der Waals surface area contributed by atoms with Crippen LogP contribution in [0.2, 0.25) is 5.02 Å². The molecule has 10 nitrogen and oxygen atoms in total. The highest BCUT2D eigenvalue weighted by Gasteiger charge is 2.30. The van der Waals surface area contributed by atoms with Crippen molar-refractivity contribution in [3.8, 4) is 0 Å². The summed E-state index contributed by atoms with van der Waals surface area (Å²) in [7, 11) is -8.82. The van der Waals surface area contributed by atoms with Crippen molar-refractivity contribution >= 4 is 54.9 Å². The molecule has 0 spiro atoms. The minimum absolute atomic E-state index is 0.239. The van der Waals surface area contributed by atoms with Gasteiger partial charge in [0.05, 0.1) is 15.5 Å². The first-order chi connectivity index (χ1) is 17.3. The maximum Gasteiger partial charge on any atom is 0.291 e. The van der Waals surface area contributed by atoms with Crippen LogP contribution in [0.5, 0.6) is 0 Å². The SMILES string of the molecule is Cc1ccc(S(=O)(=O)NC(=O)C(=NNc2cccc(Cl)c2C)C(=O)NS(=O)(=O)c2ccc(C)cc2)cc1. The average Bonchev–Trinajstić information content (AvgIpc) is 2.81. The maximum atomic E-state index is 12.9. The molecule has 0 aliphatic carbocycles. The molecule has 194 valence electrons. The molecule has 0 aliphatic heterocycles. The molecule has 2 amide bonds. The fourth-order valence-corrected chi connectivity index (χ4v) is 5.02. The van der Waals surface area contributed by atoms with E-state index in [1.54, 1.807) is 48.4 Å². The van der Waals surface area contributed by atoms with Crippen LogP contribution in [0.15, 0.2) is 81.6 Å². The number of sulfonamides is 2. The Kier molecular flexibility index (Phi) is 8.36. The smallest absolute Gasteiger partial charge is 0.277 e. The molecule has 0 aromatic heterocycles. The zero-order chi connectivity index (χ0) is 27.4. The van der Waals surface area contributed by atoms with E-state index in [0.29, 0.717) is 16.3 Å². The van der Waals surface area contributed by atoms with Crippen molar-refractivity contribution in [1.82, 2.24) is 9.44 Å². The minimum Gasteiger partial charge on any atom is -0.277 e. The Morgan fingerprint density at radius 2 is 1.14 bits per heavy atom. The summed E-state index contributed by atoms with van der Waals surface area (Å²) in [5, 5.41) is 4.10. The predicted octanol–water partition coefficient (Wildman–Crippen LogP) is 3.04. The molecule has 0 saturated heterocycles. The number of benzene rings is 3. The van der Waals surface area contributed by atoms with E-state index in [-0.39, 0.29) is 9.79 Å². The standard InChI is InChI=1S/C24H23ClN4O6S2/c1-15-7-11-18(12-8-15)36(32,33)28-23(30)22(27-26-21-6-4-5-20(25)17(21)3)24(31)29-37(34,35)19-13-9-16(2)10-14-19/h4-14,26H,1-3H3,(H,28,30)(H,29,31). The Morgan fingerprint density at radius 3 is 1.57 bits per heavy atom. The number of hydrazone groups is 1. The molecular weight excluding hydrogens is 540 g/mol. The third-order valence-corrected chi connectivity index (χ3v) is 8.21. The van der Waals surface area contributed by atoms with E-state index < -0.39 is 37.6 Å². The van der Waals surface area contributed by atoms with Crippen molar-refractivity contribution in [3.63, 3.8) is 0 Å². The minimum atomic E-state index is -4.41. The number of amides is 2. The zero-order valence-corrected chi connectivity index (χ0v) is 22.3. The van der Waals surface area contributed by atoms with Gasteiger partial charge in [-0.25, -0.2) is 26.3 Å². The summed E-state index contributed by atoms with van der Waals surface area (Å²) in [5.74, 6) is -2.91. The Morgan fingerprint density at radius 1 is 0.703 bits per heavy atom. The number of nitrogens with zero attached hydrogens (tertiary/aromatic N) is 1. The predicted molar refractivity (Wildman–Crippen MR) is 140 cm³/mol. The highest BCUT2D eigenvalue weighted by molar-refractivity contribution is 7.90. The number of hydrogen-bond acceptors (Lipinski definition) is 8. The fraction of sp³-hybridized carbons (Fsp3) is 0.125. The lowest BCUT2D eigenvalue weighted by Crippen LogP contribution is -2.46. The van der Waals surface area contributed by atoms with Crippen LogP contribution in [0, 0.1) is 20.8 Å². The molecule has 3 rings (SSSR count). The Hall–Kier alpha value is -3.74. The number of carbonyl (C=O) groups excluding carboxylic acids is 2. The van der Waals surface area contributed by atoms with Crippen molar-refractivity contribution in [2.24, 2.45) is 5.10 Å². The van der Waals surface area contributed by atoms with Gasteiger partial charge in [-0.2, -0.15) is 5.10 Å². The molecule has 0 heterocycles. The van der Waals surface area contributed by atoms with Crippen molar-refractivity contribution in [2.45, 2.75) is 30.6 Å². The summed E-state index contributed by atoms with van der Waals surface area (Å²) in [5.41, 5.74) is 3.82. The molecule has 0 aliphatic rings. The number of aryl methyl sites for hydroxylation is 2. The van der Waals surface area contributed by atoms with Crippen LogP contribution >= 0.6 is 11.6 Å². The van der Waals surface area contributed by atoms with Gasteiger partial charge in [-0.1, -0.05) is 53.1 Å². The summed E-state index contributed by atoms with van der Waals surface area (Å²) < 4.78 is 54.4. The molecule has 0 atom stereocenters. The van der Waals surface area contributed by atoms with E-state index in [1.807, 2.05) is 0 Å². The summed E-state index contributed by atoms with van der Waals surface area (Å²) in [6.07, 6.45) is 0. The van der Waals surface area contributed by atoms with Crippen LogP contribution in [0.3, 0.4) is 0 Å². The lowest BCUT2D eigenvalue weighted by atomic mass is 10.2. The topological polar surface area (TPSA) is 151 Å². The van der Waals surface area contributed by atoms with Crippen LogP contribution in [-0.4, -0.2) is 34.4 Å². The van der Waals surface area contributed by atoms with Crippen LogP contribution in [0.1, 0.15) is 16.7 Å². The monoisotopic (exact) mass is 562 g/mol. The Balaban J connectivity index is 1.96. The fourth-order valence-electron chi connectivity index (χ4n) is 2.94. The number of nitrogens with one attached hydrogen (secondary N) is 3. The highest BCUT2D eigenvalue weighted by atomic mass is 35.5. The zero-order valence-electron chi connectivity index (χ0n) is 19.9. The van der Waals surface area contributed by atoms with Crippen LogP contribution in [-0.2, 0) is 29.6 Å². The molecule has 37 heavy (non-hydrogen) atoms. The first kappa shape index (κ1) is 27.8. The Labute approximate surface area is 219 Å². The number of anilines is 1. The summed E-state index contributed by atoms with van der Waals surface area (Å²) >= 11 is 6.08. The van der Waals surface area contributed by atoms with Gasteiger partial charge in [-0.05, 0) is 62.7 Å². The maximum absolute atomic E-state index is 12.9. The van der Waals surface area contributed by atoms with Gasteiger partial charge in [0.15, 0.2) is 0 Å². The molecule has 0 unspecified atom stereocenters. The second kappa shape index (κ2) is 11.1. The number of hydrogen-bond donors (Lipinski definition) is 3. The molecule has 3 aromatic carbocycles. The quantitative estimate of drug-likeness (QED) is 0.217. The van der Waals surface area contributed by atoms with Gasteiger partial charge < -0.3 is 0 Å². The van der Waals surface area contributed by atoms with Gasteiger partial charge in [0, 0.05) is 5.02 Å². The van der Waals surface area contributed by atoms with Gasteiger partial charge in [-0.15, -0.1) is 0 Å². The summed E-state index contributed by atoms with van der Waals surface area (Å²) in [6, 6.07) is 15.9. The van der Waals surface area contributed by atoms with Gasteiger partial charge in [0.1, 0.15) is 0 Å². The molecule has 3 N–H and O–H groups in total. The largest absolute Gasteiger partial charge is 0.291 e. The lowest BCUT2D eigenvalue weighted by Gasteiger charge is -2.12. The third-order valence-electron chi connectivity index (χ3n) is 5.10. The average molecular weight is 563 g/mol. The van der Waals surface area contributed by atoms with Crippen LogP contribution < -0.4 is 14.9 Å². The van der Waals surface area contributed by atoms with E-state index in [9.17, 15) is 26.4 Å². The van der Waals surface area contributed by atoms with Crippen molar-refractivity contribution in [1.29, 1.82) is 0 Å². The van der Waals surface area contributed by atoms with E-state index >= 15 is 0 Å². The molecule has 3 aromatic rings. The van der Waals surface area contributed by atoms with Gasteiger partial charge in [0.25, 0.3) is 31.9 Å². The molecule has 0 bridgehead atoms. The van der Waals surface area contributed by atoms with E-state index in [1.165, 1.54) is 48.5 Å².